The van der Waals surface area contributed by atoms with Crippen LogP contribution in [0.1, 0.15) is 32.3 Å². The van der Waals surface area contributed by atoms with E-state index >= 15 is 0 Å². The van der Waals surface area contributed by atoms with E-state index in [4.69, 9.17) is 23.2 Å². The molecule has 0 radical (unpaired) electrons. The van der Waals surface area contributed by atoms with Gasteiger partial charge in [0.25, 0.3) is 0 Å². The lowest BCUT2D eigenvalue weighted by Gasteiger charge is -2.12. The molecule has 1 N–H and O–H groups in total. The van der Waals surface area contributed by atoms with Gasteiger partial charge in [-0.25, -0.2) is 0 Å². The minimum absolute atomic E-state index is 0.580. The number of hydrogen-bond acceptors (Lipinski definition) is 1. The highest BCUT2D eigenvalue weighted by Crippen LogP contribution is 2.21. The molecule has 0 spiro atoms. The summed E-state index contributed by atoms with van der Waals surface area (Å²) in [6, 6.07) is 6.26. The van der Waals surface area contributed by atoms with E-state index in [9.17, 15) is 0 Å². The molecule has 1 unspecified atom stereocenters. The predicted octanol–water partition coefficient (Wildman–Crippen LogP) is 4.31. The number of rotatable bonds is 6. The van der Waals surface area contributed by atoms with Gasteiger partial charge >= 0.3 is 0 Å². The SMILES string of the molecule is CCCC(C)NCCc1ccc(Cl)cc1Cl. The second-order valence-electron chi connectivity index (χ2n) is 4.13. The fourth-order valence-electron chi connectivity index (χ4n) is 1.71. The van der Waals surface area contributed by atoms with Gasteiger partial charge in [-0.15, -0.1) is 0 Å². The quantitative estimate of drug-likeness (QED) is 0.803. The van der Waals surface area contributed by atoms with Crippen molar-refractivity contribution in [2.24, 2.45) is 0 Å². The minimum Gasteiger partial charge on any atom is -0.314 e. The van der Waals surface area contributed by atoms with E-state index in [-0.39, 0.29) is 0 Å². The van der Waals surface area contributed by atoms with Crippen LogP contribution in [-0.2, 0) is 6.42 Å². The molecular formula is C13H19Cl2N. The monoisotopic (exact) mass is 259 g/mol. The number of halogens is 2. The van der Waals surface area contributed by atoms with Crippen molar-refractivity contribution in [3.63, 3.8) is 0 Å². The molecule has 0 saturated heterocycles. The van der Waals surface area contributed by atoms with Crippen LogP contribution in [-0.4, -0.2) is 12.6 Å². The molecule has 0 saturated carbocycles. The molecule has 1 atom stereocenters. The zero-order valence-electron chi connectivity index (χ0n) is 9.89. The smallest absolute Gasteiger partial charge is 0.0453 e. The van der Waals surface area contributed by atoms with Crippen molar-refractivity contribution >= 4 is 23.2 Å². The third-order valence-electron chi connectivity index (χ3n) is 2.62. The summed E-state index contributed by atoms with van der Waals surface area (Å²) < 4.78 is 0. The normalized spacial score (nSPS) is 12.8. The molecule has 90 valence electrons. The van der Waals surface area contributed by atoms with E-state index in [1.54, 1.807) is 6.07 Å². The first-order chi connectivity index (χ1) is 7.63. The summed E-state index contributed by atoms with van der Waals surface area (Å²) in [5.74, 6) is 0. The Balaban J connectivity index is 2.37. The van der Waals surface area contributed by atoms with Crippen molar-refractivity contribution in [3.05, 3.63) is 33.8 Å². The lowest BCUT2D eigenvalue weighted by molar-refractivity contribution is 0.512. The van der Waals surface area contributed by atoms with Crippen molar-refractivity contribution < 1.29 is 0 Å². The molecular weight excluding hydrogens is 241 g/mol. The van der Waals surface area contributed by atoms with Gasteiger partial charge in [0, 0.05) is 16.1 Å². The summed E-state index contributed by atoms with van der Waals surface area (Å²) in [5.41, 5.74) is 1.15. The highest BCUT2D eigenvalue weighted by Gasteiger charge is 2.03. The van der Waals surface area contributed by atoms with Gasteiger partial charge in [0.1, 0.15) is 0 Å². The van der Waals surface area contributed by atoms with Crippen LogP contribution in [0, 0.1) is 0 Å². The molecule has 0 bridgehead atoms. The lowest BCUT2D eigenvalue weighted by Crippen LogP contribution is -2.27. The fourth-order valence-corrected chi connectivity index (χ4v) is 2.22. The lowest BCUT2D eigenvalue weighted by atomic mass is 10.1. The molecule has 0 heterocycles. The zero-order valence-corrected chi connectivity index (χ0v) is 11.4. The van der Waals surface area contributed by atoms with Gasteiger partial charge in [-0.05, 0) is 44.0 Å². The van der Waals surface area contributed by atoms with Crippen molar-refractivity contribution in [3.8, 4) is 0 Å². The van der Waals surface area contributed by atoms with E-state index < -0.39 is 0 Å². The molecule has 0 aliphatic carbocycles. The third-order valence-corrected chi connectivity index (χ3v) is 3.21. The zero-order chi connectivity index (χ0) is 12.0. The van der Waals surface area contributed by atoms with E-state index in [1.165, 1.54) is 12.8 Å². The van der Waals surface area contributed by atoms with E-state index in [0.29, 0.717) is 11.1 Å². The molecule has 0 aliphatic rings. The highest BCUT2D eigenvalue weighted by atomic mass is 35.5. The van der Waals surface area contributed by atoms with E-state index in [1.807, 2.05) is 12.1 Å². The molecule has 3 heteroatoms. The Labute approximate surface area is 108 Å². The highest BCUT2D eigenvalue weighted by molar-refractivity contribution is 6.35. The average Bonchev–Trinajstić information content (AvgIpc) is 2.22. The first-order valence-electron chi connectivity index (χ1n) is 5.80. The van der Waals surface area contributed by atoms with Crippen LogP contribution in [0.4, 0.5) is 0 Å². The molecule has 0 aliphatic heterocycles. The summed E-state index contributed by atoms with van der Waals surface area (Å²) in [6.07, 6.45) is 3.38. The fraction of sp³-hybridized carbons (Fsp3) is 0.538. The first kappa shape index (κ1) is 13.8. The van der Waals surface area contributed by atoms with Gasteiger partial charge in [0.05, 0.1) is 0 Å². The maximum atomic E-state index is 6.09. The molecule has 16 heavy (non-hydrogen) atoms. The van der Waals surface area contributed by atoms with Crippen LogP contribution in [0.15, 0.2) is 18.2 Å². The number of nitrogens with one attached hydrogen (secondary N) is 1. The largest absolute Gasteiger partial charge is 0.314 e. The molecule has 1 aromatic carbocycles. The van der Waals surface area contributed by atoms with Crippen molar-refractivity contribution in [2.45, 2.75) is 39.2 Å². The minimum atomic E-state index is 0.580. The van der Waals surface area contributed by atoms with Gasteiger partial charge in [-0.3, -0.25) is 0 Å². The van der Waals surface area contributed by atoms with Gasteiger partial charge in [-0.2, -0.15) is 0 Å². The van der Waals surface area contributed by atoms with Gasteiger partial charge < -0.3 is 5.32 Å². The maximum absolute atomic E-state index is 6.09. The molecule has 0 amide bonds. The Morgan fingerprint density at radius 1 is 1.31 bits per heavy atom. The van der Waals surface area contributed by atoms with Crippen LogP contribution in [0.3, 0.4) is 0 Å². The second-order valence-corrected chi connectivity index (χ2v) is 4.97. The van der Waals surface area contributed by atoms with Gasteiger partial charge in [-0.1, -0.05) is 42.6 Å². The Hall–Kier alpha value is -0.240. The summed E-state index contributed by atoms with van der Waals surface area (Å²) >= 11 is 11.9. The first-order valence-corrected chi connectivity index (χ1v) is 6.56. The standard InChI is InChI=1S/C13H19Cl2N/c1-3-4-10(2)16-8-7-11-5-6-12(14)9-13(11)15/h5-6,9-10,16H,3-4,7-8H2,1-2H3. The summed E-state index contributed by atoms with van der Waals surface area (Å²) in [5, 5.41) is 4.94. The topological polar surface area (TPSA) is 12.0 Å². The van der Waals surface area contributed by atoms with Crippen LogP contribution < -0.4 is 5.32 Å². The molecule has 1 aromatic rings. The van der Waals surface area contributed by atoms with Crippen LogP contribution in [0.25, 0.3) is 0 Å². The second kappa shape index (κ2) is 7.16. The Morgan fingerprint density at radius 3 is 2.69 bits per heavy atom. The molecule has 0 aromatic heterocycles. The Morgan fingerprint density at radius 2 is 2.06 bits per heavy atom. The summed E-state index contributed by atoms with van der Waals surface area (Å²) in [6.45, 7) is 5.38. The molecule has 0 fully saturated rings. The van der Waals surface area contributed by atoms with E-state index in [2.05, 4.69) is 19.2 Å². The summed E-state index contributed by atoms with van der Waals surface area (Å²) in [4.78, 5) is 0. The van der Waals surface area contributed by atoms with Gasteiger partial charge in [0.15, 0.2) is 0 Å². The van der Waals surface area contributed by atoms with Crippen molar-refractivity contribution in [1.82, 2.24) is 5.32 Å². The predicted molar refractivity (Wildman–Crippen MR) is 72.5 cm³/mol. The van der Waals surface area contributed by atoms with Crippen LogP contribution in [0.2, 0.25) is 10.0 Å². The Kier molecular flexibility index (Phi) is 6.18. The van der Waals surface area contributed by atoms with E-state index in [0.717, 1.165) is 23.6 Å². The average molecular weight is 260 g/mol. The Bertz CT molecular complexity index is 326. The third kappa shape index (κ3) is 4.73. The number of benzene rings is 1. The van der Waals surface area contributed by atoms with Crippen molar-refractivity contribution in [1.29, 1.82) is 0 Å². The maximum Gasteiger partial charge on any atom is 0.0453 e. The number of hydrogen-bond donors (Lipinski definition) is 1. The molecule has 1 rings (SSSR count). The van der Waals surface area contributed by atoms with Crippen molar-refractivity contribution in [2.75, 3.05) is 6.54 Å². The van der Waals surface area contributed by atoms with Gasteiger partial charge in [0.2, 0.25) is 0 Å². The van der Waals surface area contributed by atoms with Crippen LogP contribution in [0.5, 0.6) is 0 Å². The van der Waals surface area contributed by atoms with Crippen LogP contribution >= 0.6 is 23.2 Å². The molecule has 1 nitrogen and oxygen atoms in total. The summed E-state index contributed by atoms with van der Waals surface area (Å²) in [7, 11) is 0.